The van der Waals surface area contributed by atoms with Gasteiger partial charge in [0.15, 0.2) is 6.61 Å². The number of fused-ring (bicyclic) bond motifs is 1. The van der Waals surface area contributed by atoms with E-state index in [9.17, 15) is 33.9 Å². The average Bonchev–Trinajstić information content (AvgIpc) is 3.78. The zero-order valence-electron chi connectivity index (χ0n) is 29.7. The number of aromatic nitrogens is 1. The molecule has 51 heavy (non-hydrogen) atoms. The van der Waals surface area contributed by atoms with E-state index in [0.29, 0.717) is 42.8 Å². The van der Waals surface area contributed by atoms with E-state index < -0.39 is 41.6 Å². The van der Waals surface area contributed by atoms with E-state index in [-0.39, 0.29) is 68.9 Å². The van der Waals surface area contributed by atoms with Crippen LogP contribution in [0.4, 0.5) is 4.79 Å². The van der Waals surface area contributed by atoms with Gasteiger partial charge in [-0.25, -0.2) is 9.78 Å². The standard InChI is InChI=1S/C36H48N6O9/c1-22-7-10-24-26(18-22)38-27(19-29(24)50-21-30(43)42-13-5-6-28(42)33(46)37-20-23-8-9-23)32(45)39-25(11-12-31(44)51-36(2,3)4)34(47)40-14-16-41(17-15-40)35(48)49/h7,10,18-19,23,25,28H,5-6,8-9,11-17,20-21H2,1-4H3,(H,37,46)(H,39,45)(H,48,49)/t25?,28-/m0/s1. The lowest BCUT2D eigenvalue weighted by atomic mass is 10.1. The Labute approximate surface area is 297 Å². The molecule has 0 bridgehead atoms. The van der Waals surface area contributed by atoms with Gasteiger partial charge < -0.3 is 39.9 Å². The lowest BCUT2D eigenvalue weighted by molar-refractivity contribution is -0.155. The zero-order valence-corrected chi connectivity index (χ0v) is 29.7. The van der Waals surface area contributed by atoms with Crippen molar-refractivity contribution in [3.63, 3.8) is 0 Å². The number of piperazine rings is 1. The van der Waals surface area contributed by atoms with Crippen molar-refractivity contribution in [1.82, 2.24) is 30.3 Å². The normalized spacial score (nSPS) is 18.3. The summed E-state index contributed by atoms with van der Waals surface area (Å²) in [4.78, 5) is 86.4. The van der Waals surface area contributed by atoms with Crippen LogP contribution >= 0.6 is 0 Å². The Balaban J connectivity index is 1.32. The summed E-state index contributed by atoms with van der Waals surface area (Å²) in [7, 11) is 0. The highest BCUT2D eigenvalue weighted by molar-refractivity contribution is 5.99. The molecule has 15 nitrogen and oxygen atoms in total. The van der Waals surface area contributed by atoms with Crippen molar-refractivity contribution in [2.45, 2.75) is 83.9 Å². The van der Waals surface area contributed by atoms with E-state index in [0.717, 1.165) is 18.4 Å². The van der Waals surface area contributed by atoms with Crippen LogP contribution in [0.2, 0.25) is 0 Å². The smallest absolute Gasteiger partial charge is 0.407 e. The lowest BCUT2D eigenvalue weighted by Crippen LogP contribution is -2.55. The summed E-state index contributed by atoms with van der Waals surface area (Å²) >= 11 is 0. The Kier molecular flexibility index (Phi) is 11.7. The molecular weight excluding hydrogens is 660 g/mol. The fourth-order valence-electron chi connectivity index (χ4n) is 6.27. The summed E-state index contributed by atoms with van der Waals surface area (Å²) in [5, 5.41) is 15.6. The maximum Gasteiger partial charge on any atom is 0.407 e. The van der Waals surface area contributed by atoms with Crippen molar-refractivity contribution < 1.29 is 43.3 Å². The number of hydrogen-bond donors (Lipinski definition) is 3. The second kappa shape index (κ2) is 15.9. The van der Waals surface area contributed by atoms with Gasteiger partial charge in [-0.3, -0.25) is 24.0 Å². The zero-order chi connectivity index (χ0) is 36.9. The number of ether oxygens (including phenoxy) is 2. The molecule has 1 aromatic heterocycles. The number of carbonyl (C=O) groups excluding carboxylic acids is 5. The van der Waals surface area contributed by atoms with Gasteiger partial charge in [-0.05, 0) is 83.4 Å². The van der Waals surface area contributed by atoms with Crippen molar-refractivity contribution in [1.29, 1.82) is 0 Å². The quantitative estimate of drug-likeness (QED) is 0.277. The molecule has 3 aliphatic rings. The number of nitrogens with one attached hydrogen (secondary N) is 2. The largest absolute Gasteiger partial charge is 0.483 e. The summed E-state index contributed by atoms with van der Waals surface area (Å²) in [5.74, 6) is -1.45. The second-order valence-electron chi connectivity index (χ2n) is 14.5. The number of likely N-dealkylation sites (tertiary alicyclic amines) is 1. The van der Waals surface area contributed by atoms with Gasteiger partial charge in [0.1, 0.15) is 29.1 Å². The minimum atomic E-state index is -1.14. The molecule has 0 radical (unpaired) electrons. The summed E-state index contributed by atoms with van der Waals surface area (Å²) in [6, 6.07) is 5.13. The molecule has 2 atom stereocenters. The molecule has 276 valence electrons. The average molecular weight is 709 g/mol. The summed E-state index contributed by atoms with van der Waals surface area (Å²) < 4.78 is 11.4. The molecule has 3 heterocycles. The van der Waals surface area contributed by atoms with Crippen LogP contribution in [0.5, 0.6) is 5.75 Å². The van der Waals surface area contributed by atoms with E-state index in [1.54, 1.807) is 37.8 Å². The summed E-state index contributed by atoms with van der Waals surface area (Å²) in [5.41, 5.74) is 0.498. The topological polar surface area (TPSA) is 188 Å². The summed E-state index contributed by atoms with van der Waals surface area (Å²) in [6.07, 6.45) is 2.20. The minimum absolute atomic E-state index is 0.0611. The molecule has 1 aromatic carbocycles. The molecule has 3 N–H and O–H groups in total. The third-order valence-electron chi connectivity index (χ3n) is 9.17. The van der Waals surface area contributed by atoms with E-state index >= 15 is 0 Å². The number of rotatable bonds is 12. The lowest BCUT2D eigenvalue weighted by Gasteiger charge is -2.35. The van der Waals surface area contributed by atoms with Crippen LogP contribution in [0.25, 0.3) is 10.9 Å². The van der Waals surface area contributed by atoms with Gasteiger partial charge in [0.25, 0.3) is 11.8 Å². The van der Waals surface area contributed by atoms with Crippen molar-refractivity contribution in [2.24, 2.45) is 5.92 Å². The second-order valence-corrected chi connectivity index (χ2v) is 14.5. The van der Waals surface area contributed by atoms with Gasteiger partial charge in [-0.2, -0.15) is 0 Å². The first-order valence-electron chi connectivity index (χ1n) is 17.6. The Morgan fingerprint density at radius 3 is 2.35 bits per heavy atom. The van der Waals surface area contributed by atoms with E-state index in [1.165, 1.54) is 15.9 Å². The number of carboxylic acid groups (broad SMARTS) is 1. The maximum absolute atomic E-state index is 13.8. The number of benzene rings is 1. The molecule has 2 saturated heterocycles. The van der Waals surface area contributed by atoms with E-state index in [2.05, 4.69) is 15.6 Å². The van der Waals surface area contributed by atoms with Crippen LogP contribution < -0.4 is 15.4 Å². The molecule has 5 amide bonds. The van der Waals surface area contributed by atoms with Gasteiger partial charge in [0, 0.05) is 57.1 Å². The Morgan fingerprint density at radius 1 is 0.980 bits per heavy atom. The number of aryl methyl sites for hydroxylation is 1. The number of carbonyl (C=O) groups is 6. The first-order chi connectivity index (χ1) is 24.2. The van der Waals surface area contributed by atoms with Gasteiger partial charge in [-0.15, -0.1) is 0 Å². The Morgan fingerprint density at radius 2 is 1.69 bits per heavy atom. The third-order valence-corrected chi connectivity index (χ3v) is 9.17. The molecular formula is C36H48N6O9. The first kappa shape index (κ1) is 37.3. The highest BCUT2D eigenvalue weighted by Crippen LogP contribution is 2.29. The molecule has 15 heteroatoms. The molecule has 1 saturated carbocycles. The molecule has 2 aliphatic heterocycles. The van der Waals surface area contributed by atoms with Crippen LogP contribution in [0, 0.1) is 12.8 Å². The van der Waals surface area contributed by atoms with Crippen LogP contribution in [0.3, 0.4) is 0 Å². The van der Waals surface area contributed by atoms with E-state index in [4.69, 9.17) is 9.47 Å². The van der Waals surface area contributed by atoms with Crippen molar-refractivity contribution in [2.75, 3.05) is 45.9 Å². The highest BCUT2D eigenvalue weighted by atomic mass is 16.6. The predicted octanol–water partition coefficient (Wildman–Crippen LogP) is 2.48. The van der Waals surface area contributed by atoms with Gasteiger partial charge in [-0.1, -0.05) is 6.07 Å². The van der Waals surface area contributed by atoms with Gasteiger partial charge in [0.2, 0.25) is 11.8 Å². The molecule has 3 fully saturated rings. The predicted molar refractivity (Wildman–Crippen MR) is 185 cm³/mol. The van der Waals surface area contributed by atoms with Gasteiger partial charge in [0.05, 0.1) is 5.52 Å². The van der Waals surface area contributed by atoms with Crippen LogP contribution in [-0.4, -0.2) is 124 Å². The first-order valence-corrected chi connectivity index (χ1v) is 17.6. The highest BCUT2D eigenvalue weighted by Gasteiger charge is 2.35. The monoisotopic (exact) mass is 708 g/mol. The fraction of sp³-hybridized carbons (Fsp3) is 0.583. The van der Waals surface area contributed by atoms with E-state index in [1.807, 2.05) is 13.0 Å². The third kappa shape index (κ3) is 10.1. The number of esters is 1. The maximum atomic E-state index is 13.8. The molecule has 1 aliphatic carbocycles. The van der Waals surface area contributed by atoms with Gasteiger partial charge >= 0.3 is 12.1 Å². The Bertz CT molecular complexity index is 1660. The SMILES string of the molecule is Cc1ccc2c(OCC(=O)N3CCC[C@H]3C(=O)NCC3CC3)cc(C(=O)NC(CCC(=O)OC(C)(C)C)C(=O)N3CCN(C(=O)O)CC3)nc2c1. The number of hydrogen-bond acceptors (Lipinski definition) is 9. The number of amides is 5. The van der Waals surface area contributed by atoms with Crippen molar-refractivity contribution >= 4 is 46.6 Å². The summed E-state index contributed by atoms with van der Waals surface area (Å²) in [6.45, 7) is 8.25. The van der Waals surface area contributed by atoms with Crippen LogP contribution in [0.1, 0.15) is 75.3 Å². The van der Waals surface area contributed by atoms with Crippen LogP contribution in [-0.2, 0) is 23.9 Å². The Hall–Kier alpha value is -4.95. The van der Waals surface area contributed by atoms with Crippen LogP contribution in [0.15, 0.2) is 24.3 Å². The molecule has 5 rings (SSSR count). The van der Waals surface area contributed by atoms with Crippen molar-refractivity contribution in [3.8, 4) is 5.75 Å². The minimum Gasteiger partial charge on any atom is -0.483 e. The number of pyridine rings is 1. The molecule has 2 aromatic rings. The van der Waals surface area contributed by atoms with Crippen molar-refractivity contribution in [3.05, 3.63) is 35.5 Å². The fourth-order valence-corrected chi connectivity index (χ4v) is 6.27. The molecule has 1 unspecified atom stereocenters. The molecule has 0 spiro atoms. The number of nitrogens with zero attached hydrogens (tertiary/aromatic N) is 4.